The van der Waals surface area contributed by atoms with Crippen LogP contribution < -0.4 is 0 Å². The van der Waals surface area contributed by atoms with Gasteiger partial charge in [0.2, 0.25) is 0 Å². The third-order valence-electron chi connectivity index (χ3n) is 4.82. The number of carbonyl (C=O) groups is 1. The molecule has 0 saturated carbocycles. The first-order valence-corrected chi connectivity index (χ1v) is 10.3. The van der Waals surface area contributed by atoms with E-state index in [-0.39, 0.29) is 12.2 Å². The minimum Gasteiger partial charge on any atom is -0.350 e. The molecule has 138 valence electrons. The van der Waals surface area contributed by atoms with Crippen LogP contribution in [0.3, 0.4) is 0 Å². The lowest BCUT2D eigenvalue weighted by Gasteiger charge is -2.33. The number of thiophene rings is 1. The van der Waals surface area contributed by atoms with Gasteiger partial charge in [-0.3, -0.25) is 4.79 Å². The van der Waals surface area contributed by atoms with E-state index in [1.807, 2.05) is 29.2 Å². The van der Waals surface area contributed by atoms with E-state index < -0.39 is 0 Å². The van der Waals surface area contributed by atoms with Crippen LogP contribution in [0.15, 0.2) is 30.3 Å². The second-order valence-corrected chi connectivity index (χ2v) is 8.52. The SMILES string of the molecule is O=C(c1ccc(-c2cc(Cl)cc(Cl)c2)s1)N1CCC(C2OCCO2)CC1. The standard InChI is InChI=1S/C19H19Cl2NO3S/c20-14-9-13(10-15(21)11-14)16-1-2-17(26-16)18(23)22-5-3-12(4-6-22)19-24-7-8-25-19/h1-2,9-12,19H,3-8H2. The van der Waals surface area contributed by atoms with Crippen LogP contribution in [-0.4, -0.2) is 43.4 Å². The van der Waals surface area contributed by atoms with Gasteiger partial charge in [0.25, 0.3) is 5.91 Å². The molecule has 2 aliphatic rings. The monoisotopic (exact) mass is 411 g/mol. The van der Waals surface area contributed by atoms with Crippen LogP contribution in [0.2, 0.25) is 10.0 Å². The van der Waals surface area contributed by atoms with E-state index in [1.165, 1.54) is 11.3 Å². The molecule has 0 bridgehead atoms. The van der Waals surface area contributed by atoms with Gasteiger partial charge in [0.05, 0.1) is 18.1 Å². The van der Waals surface area contributed by atoms with E-state index in [9.17, 15) is 4.79 Å². The van der Waals surface area contributed by atoms with Crippen LogP contribution in [0.25, 0.3) is 10.4 Å². The zero-order valence-electron chi connectivity index (χ0n) is 14.1. The van der Waals surface area contributed by atoms with Crippen LogP contribution in [0.4, 0.5) is 0 Å². The Balaban J connectivity index is 1.42. The summed E-state index contributed by atoms with van der Waals surface area (Å²) in [6.07, 6.45) is 1.74. The quantitative estimate of drug-likeness (QED) is 0.716. The molecule has 0 unspecified atom stereocenters. The summed E-state index contributed by atoms with van der Waals surface area (Å²) in [4.78, 5) is 16.5. The molecule has 0 aliphatic carbocycles. The average Bonchev–Trinajstić information content (AvgIpc) is 3.32. The molecule has 2 aromatic rings. The molecule has 1 amide bonds. The number of piperidine rings is 1. The predicted molar refractivity (Wildman–Crippen MR) is 104 cm³/mol. The van der Waals surface area contributed by atoms with Gasteiger partial charge in [-0.15, -0.1) is 11.3 Å². The normalized spacial score (nSPS) is 19.2. The number of hydrogen-bond donors (Lipinski definition) is 0. The molecule has 1 aromatic heterocycles. The Labute approximate surface area is 166 Å². The summed E-state index contributed by atoms with van der Waals surface area (Å²) >= 11 is 13.6. The smallest absolute Gasteiger partial charge is 0.263 e. The number of nitrogens with zero attached hydrogens (tertiary/aromatic N) is 1. The molecule has 3 heterocycles. The van der Waals surface area contributed by atoms with Gasteiger partial charge in [-0.05, 0) is 48.7 Å². The average molecular weight is 412 g/mol. The molecule has 1 aromatic carbocycles. The van der Waals surface area contributed by atoms with Crippen molar-refractivity contribution in [3.8, 4) is 10.4 Å². The maximum atomic E-state index is 12.8. The fraction of sp³-hybridized carbons (Fsp3) is 0.421. The van der Waals surface area contributed by atoms with Crippen LogP contribution in [-0.2, 0) is 9.47 Å². The highest BCUT2D eigenvalue weighted by atomic mass is 35.5. The van der Waals surface area contributed by atoms with E-state index in [2.05, 4.69) is 0 Å². The lowest BCUT2D eigenvalue weighted by atomic mass is 9.96. The van der Waals surface area contributed by atoms with Gasteiger partial charge in [-0.25, -0.2) is 0 Å². The number of halogens is 2. The van der Waals surface area contributed by atoms with Crippen molar-refractivity contribution in [1.82, 2.24) is 4.90 Å². The van der Waals surface area contributed by atoms with Crippen molar-refractivity contribution in [3.63, 3.8) is 0 Å². The van der Waals surface area contributed by atoms with E-state index in [1.54, 1.807) is 6.07 Å². The van der Waals surface area contributed by atoms with Gasteiger partial charge in [0, 0.05) is 33.9 Å². The fourth-order valence-corrected chi connectivity index (χ4v) is 4.97. The van der Waals surface area contributed by atoms with Crippen molar-refractivity contribution in [1.29, 1.82) is 0 Å². The van der Waals surface area contributed by atoms with Gasteiger partial charge in [-0.2, -0.15) is 0 Å². The minimum atomic E-state index is -0.0897. The highest BCUT2D eigenvalue weighted by molar-refractivity contribution is 7.17. The third-order valence-corrected chi connectivity index (χ3v) is 6.38. The summed E-state index contributed by atoms with van der Waals surface area (Å²) in [5.74, 6) is 0.468. The molecule has 26 heavy (non-hydrogen) atoms. The highest BCUT2D eigenvalue weighted by Gasteiger charge is 2.32. The number of ether oxygens (including phenoxy) is 2. The number of amides is 1. The molecule has 0 spiro atoms. The van der Waals surface area contributed by atoms with Crippen molar-refractivity contribution >= 4 is 40.4 Å². The Kier molecular flexibility index (Phi) is 5.53. The van der Waals surface area contributed by atoms with E-state index in [0.717, 1.165) is 41.2 Å². The molecule has 0 atom stereocenters. The van der Waals surface area contributed by atoms with Crippen LogP contribution in [0.1, 0.15) is 22.5 Å². The highest BCUT2D eigenvalue weighted by Crippen LogP contribution is 2.33. The lowest BCUT2D eigenvalue weighted by molar-refractivity contribution is -0.0955. The molecule has 4 rings (SSSR count). The molecule has 4 nitrogen and oxygen atoms in total. The Bertz CT molecular complexity index is 776. The first-order valence-electron chi connectivity index (χ1n) is 8.69. The Morgan fingerprint density at radius 3 is 2.35 bits per heavy atom. The van der Waals surface area contributed by atoms with E-state index >= 15 is 0 Å². The molecule has 2 fully saturated rings. The molecule has 0 N–H and O–H groups in total. The minimum absolute atomic E-state index is 0.0843. The Morgan fingerprint density at radius 1 is 1.04 bits per heavy atom. The number of carbonyl (C=O) groups excluding carboxylic acids is 1. The second kappa shape index (κ2) is 7.87. The van der Waals surface area contributed by atoms with Gasteiger partial charge >= 0.3 is 0 Å². The van der Waals surface area contributed by atoms with Gasteiger partial charge in [0.15, 0.2) is 6.29 Å². The summed E-state index contributed by atoms with van der Waals surface area (Å²) in [7, 11) is 0. The zero-order valence-corrected chi connectivity index (χ0v) is 16.4. The molecular formula is C19H19Cl2NO3S. The van der Waals surface area contributed by atoms with Crippen LogP contribution in [0.5, 0.6) is 0 Å². The summed E-state index contributed by atoms with van der Waals surface area (Å²) in [5, 5.41) is 1.18. The summed E-state index contributed by atoms with van der Waals surface area (Å²) < 4.78 is 11.2. The summed E-state index contributed by atoms with van der Waals surface area (Å²) in [6.45, 7) is 2.83. The van der Waals surface area contributed by atoms with Crippen molar-refractivity contribution in [3.05, 3.63) is 45.3 Å². The number of hydrogen-bond acceptors (Lipinski definition) is 4. The number of likely N-dealkylation sites (tertiary alicyclic amines) is 1. The topological polar surface area (TPSA) is 38.8 Å². The predicted octanol–water partition coefficient (Wildman–Crippen LogP) is 4.95. The number of rotatable bonds is 3. The van der Waals surface area contributed by atoms with Crippen molar-refractivity contribution < 1.29 is 14.3 Å². The van der Waals surface area contributed by atoms with Gasteiger partial charge < -0.3 is 14.4 Å². The lowest BCUT2D eigenvalue weighted by Crippen LogP contribution is -2.41. The maximum absolute atomic E-state index is 12.8. The zero-order chi connectivity index (χ0) is 18.1. The molecule has 2 aliphatic heterocycles. The Hall–Kier alpha value is -1.11. The molecular weight excluding hydrogens is 393 g/mol. The maximum Gasteiger partial charge on any atom is 0.263 e. The van der Waals surface area contributed by atoms with E-state index in [0.29, 0.717) is 29.2 Å². The van der Waals surface area contributed by atoms with Gasteiger partial charge in [0.1, 0.15) is 0 Å². The Morgan fingerprint density at radius 2 is 1.69 bits per heavy atom. The fourth-order valence-electron chi connectivity index (χ4n) is 3.48. The van der Waals surface area contributed by atoms with Crippen molar-refractivity contribution in [2.75, 3.05) is 26.3 Å². The molecule has 2 saturated heterocycles. The molecule has 0 radical (unpaired) electrons. The largest absolute Gasteiger partial charge is 0.350 e. The second-order valence-electron chi connectivity index (χ2n) is 6.56. The van der Waals surface area contributed by atoms with Gasteiger partial charge in [-0.1, -0.05) is 23.2 Å². The summed E-state index contributed by atoms with van der Waals surface area (Å²) in [5.41, 5.74) is 0.931. The van der Waals surface area contributed by atoms with Crippen LogP contribution in [0, 0.1) is 5.92 Å². The van der Waals surface area contributed by atoms with Crippen molar-refractivity contribution in [2.45, 2.75) is 19.1 Å². The van der Waals surface area contributed by atoms with Crippen molar-refractivity contribution in [2.24, 2.45) is 5.92 Å². The first-order chi connectivity index (χ1) is 12.6. The van der Waals surface area contributed by atoms with Crippen LogP contribution >= 0.6 is 34.5 Å². The molecule has 7 heteroatoms. The summed E-state index contributed by atoms with van der Waals surface area (Å²) in [6, 6.07) is 9.26. The number of benzene rings is 1. The first kappa shape index (κ1) is 18.3. The third kappa shape index (κ3) is 3.92. The van der Waals surface area contributed by atoms with E-state index in [4.69, 9.17) is 32.7 Å².